The van der Waals surface area contributed by atoms with E-state index in [0.717, 1.165) is 5.39 Å². The van der Waals surface area contributed by atoms with Gasteiger partial charge in [0.2, 0.25) is 0 Å². The maximum Gasteiger partial charge on any atom is 0.280 e. The van der Waals surface area contributed by atoms with E-state index >= 15 is 0 Å². The van der Waals surface area contributed by atoms with E-state index in [1.165, 1.54) is 10.7 Å². The molecule has 2 aromatic heterocycles. The Balaban J connectivity index is 2.66. The van der Waals surface area contributed by atoms with Gasteiger partial charge in [-0.05, 0) is 12.1 Å². The Bertz CT molecular complexity index is 436. The molecule has 0 atom stereocenters. The molecule has 0 radical (unpaired) electrons. The van der Waals surface area contributed by atoms with Gasteiger partial charge in [-0.2, -0.15) is 5.10 Å². The smallest absolute Gasteiger partial charge is 0.250 e. The van der Waals surface area contributed by atoms with Crippen LogP contribution in [0, 0.1) is 0 Å². The lowest BCUT2D eigenvalue weighted by molar-refractivity contribution is 0.146. The van der Waals surface area contributed by atoms with Crippen LogP contribution in [0.1, 0.15) is 12.1 Å². The highest BCUT2D eigenvalue weighted by molar-refractivity contribution is 5.74. The van der Waals surface area contributed by atoms with E-state index in [4.69, 9.17) is 0 Å². The Kier molecular flexibility index (Phi) is 1.72. The normalized spacial score (nSPS) is 11.4. The van der Waals surface area contributed by atoms with Gasteiger partial charge in [-0.25, -0.2) is 13.8 Å². The highest BCUT2D eigenvalue weighted by Crippen LogP contribution is 2.19. The second-order valence-corrected chi connectivity index (χ2v) is 2.72. The van der Waals surface area contributed by atoms with Crippen molar-refractivity contribution in [3.63, 3.8) is 0 Å². The highest BCUT2D eigenvalue weighted by Gasteiger charge is 2.10. The molecule has 0 aromatic carbocycles. The predicted octanol–water partition coefficient (Wildman–Crippen LogP) is 1.91. The second-order valence-electron chi connectivity index (χ2n) is 2.72. The molecule has 0 bridgehead atoms. The van der Waals surface area contributed by atoms with E-state index < -0.39 is 6.43 Å². The molecule has 0 amide bonds. The molecule has 2 aromatic rings. The molecule has 0 unspecified atom stereocenters. The molecule has 3 nitrogen and oxygen atoms in total. The maximum absolute atomic E-state index is 12.2. The van der Waals surface area contributed by atoms with Crippen LogP contribution in [0.15, 0.2) is 18.3 Å². The van der Waals surface area contributed by atoms with Gasteiger partial charge >= 0.3 is 0 Å². The van der Waals surface area contributed by atoms with E-state index in [-0.39, 0.29) is 5.69 Å². The molecule has 0 aliphatic carbocycles. The topological polar surface area (TPSA) is 30.7 Å². The summed E-state index contributed by atoms with van der Waals surface area (Å²) >= 11 is 0. The van der Waals surface area contributed by atoms with Crippen LogP contribution < -0.4 is 0 Å². The molecule has 0 aliphatic heterocycles. The summed E-state index contributed by atoms with van der Waals surface area (Å²) in [7, 11) is 1.67. The maximum atomic E-state index is 12.2. The molecule has 13 heavy (non-hydrogen) atoms. The average Bonchev–Trinajstić information content (AvgIpc) is 2.47. The number of nitrogens with zero attached hydrogens (tertiary/aromatic N) is 3. The lowest BCUT2D eigenvalue weighted by Crippen LogP contribution is -1.95. The molecule has 0 aliphatic rings. The van der Waals surface area contributed by atoms with Gasteiger partial charge in [0.1, 0.15) is 5.69 Å². The number of fused-ring (bicyclic) bond motifs is 1. The van der Waals surface area contributed by atoms with Crippen molar-refractivity contribution in [1.29, 1.82) is 0 Å². The molecule has 0 saturated heterocycles. The van der Waals surface area contributed by atoms with E-state index in [1.807, 2.05) is 0 Å². The molecule has 0 N–H and O–H groups in total. The molecule has 5 heteroatoms. The minimum atomic E-state index is -2.53. The number of halogens is 2. The summed E-state index contributed by atoms with van der Waals surface area (Å²) in [6, 6.07) is 2.91. The van der Waals surface area contributed by atoms with Crippen LogP contribution in [0.25, 0.3) is 11.0 Å². The molecule has 2 heterocycles. The summed E-state index contributed by atoms with van der Waals surface area (Å²) in [6.45, 7) is 0. The van der Waals surface area contributed by atoms with Crippen molar-refractivity contribution in [1.82, 2.24) is 14.8 Å². The van der Waals surface area contributed by atoms with Crippen molar-refractivity contribution >= 4 is 11.0 Å². The van der Waals surface area contributed by atoms with Crippen molar-refractivity contribution in [3.8, 4) is 0 Å². The van der Waals surface area contributed by atoms with Crippen LogP contribution in [-0.4, -0.2) is 14.8 Å². The van der Waals surface area contributed by atoms with Crippen LogP contribution in [0.2, 0.25) is 0 Å². The van der Waals surface area contributed by atoms with Crippen LogP contribution >= 0.6 is 0 Å². The average molecular weight is 183 g/mol. The van der Waals surface area contributed by atoms with Gasteiger partial charge in [0.25, 0.3) is 6.43 Å². The third-order valence-electron chi connectivity index (χ3n) is 1.83. The van der Waals surface area contributed by atoms with Gasteiger partial charge < -0.3 is 0 Å². The lowest BCUT2D eigenvalue weighted by Gasteiger charge is -1.98. The predicted molar refractivity (Wildman–Crippen MR) is 43.5 cm³/mol. The van der Waals surface area contributed by atoms with Crippen LogP contribution in [0.5, 0.6) is 0 Å². The Morgan fingerprint density at radius 3 is 2.85 bits per heavy atom. The van der Waals surface area contributed by atoms with Gasteiger partial charge in [-0.1, -0.05) is 0 Å². The van der Waals surface area contributed by atoms with E-state index in [1.54, 1.807) is 19.3 Å². The largest absolute Gasteiger partial charge is 0.280 e. The number of pyridine rings is 1. The molecule has 0 fully saturated rings. The summed E-state index contributed by atoms with van der Waals surface area (Å²) < 4.78 is 26.0. The molecule has 0 spiro atoms. The van der Waals surface area contributed by atoms with E-state index in [2.05, 4.69) is 10.1 Å². The zero-order valence-corrected chi connectivity index (χ0v) is 6.91. The first-order valence-electron chi connectivity index (χ1n) is 3.75. The minimum Gasteiger partial charge on any atom is -0.250 e. The number of hydrogen-bond acceptors (Lipinski definition) is 2. The standard InChI is InChI=1S/C8H7F2N3/c1-13-8-5(4-11-13)2-3-6(12-8)7(9)10/h2-4,7H,1H3. The quantitative estimate of drug-likeness (QED) is 0.676. The van der Waals surface area contributed by atoms with Gasteiger partial charge in [0, 0.05) is 12.4 Å². The highest BCUT2D eigenvalue weighted by atomic mass is 19.3. The molecular weight excluding hydrogens is 176 g/mol. The van der Waals surface area contributed by atoms with Crippen molar-refractivity contribution in [3.05, 3.63) is 24.0 Å². The summed E-state index contributed by atoms with van der Waals surface area (Å²) in [5.41, 5.74) is 0.272. The number of alkyl halides is 2. The summed E-state index contributed by atoms with van der Waals surface area (Å²) in [5, 5.41) is 4.68. The first kappa shape index (κ1) is 8.10. The van der Waals surface area contributed by atoms with Gasteiger partial charge in [0.15, 0.2) is 5.65 Å². The van der Waals surface area contributed by atoms with E-state index in [0.29, 0.717) is 5.65 Å². The zero-order valence-electron chi connectivity index (χ0n) is 6.91. The Morgan fingerprint density at radius 2 is 2.15 bits per heavy atom. The fraction of sp³-hybridized carbons (Fsp3) is 0.250. The Hall–Kier alpha value is -1.52. The van der Waals surface area contributed by atoms with Crippen molar-refractivity contribution in [2.75, 3.05) is 0 Å². The zero-order chi connectivity index (χ0) is 9.42. The fourth-order valence-corrected chi connectivity index (χ4v) is 1.16. The second kappa shape index (κ2) is 2.76. The number of aromatic nitrogens is 3. The van der Waals surface area contributed by atoms with Crippen molar-refractivity contribution in [2.45, 2.75) is 6.43 Å². The van der Waals surface area contributed by atoms with Crippen molar-refractivity contribution in [2.24, 2.45) is 7.05 Å². The SMILES string of the molecule is Cn1ncc2ccc(C(F)F)nc21. The van der Waals surface area contributed by atoms with Gasteiger partial charge in [-0.15, -0.1) is 0 Å². The number of aryl methyl sites for hydroxylation is 1. The van der Waals surface area contributed by atoms with Crippen LogP contribution in [0.3, 0.4) is 0 Å². The first-order valence-corrected chi connectivity index (χ1v) is 3.75. The summed E-state index contributed by atoms with van der Waals surface area (Å²) in [5.74, 6) is 0. The monoisotopic (exact) mass is 183 g/mol. The minimum absolute atomic E-state index is 0.212. The molecule has 0 saturated carbocycles. The van der Waals surface area contributed by atoms with E-state index in [9.17, 15) is 8.78 Å². The van der Waals surface area contributed by atoms with Crippen molar-refractivity contribution < 1.29 is 8.78 Å². The number of hydrogen-bond donors (Lipinski definition) is 0. The Labute approximate surface area is 73.0 Å². The van der Waals surface area contributed by atoms with Crippen LogP contribution in [-0.2, 0) is 7.05 Å². The molecule has 2 rings (SSSR count). The lowest BCUT2D eigenvalue weighted by atomic mass is 10.3. The van der Waals surface area contributed by atoms with Gasteiger partial charge in [-0.3, -0.25) is 4.68 Å². The Morgan fingerprint density at radius 1 is 1.38 bits per heavy atom. The number of rotatable bonds is 1. The summed E-state index contributed by atoms with van der Waals surface area (Å²) in [4.78, 5) is 3.78. The molecular formula is C8H7F2N3. The third kappa shape index (κ3) is 1.26. The molecule has 68 valence electrons. The van der Waals surface area contributed by atoms with Gasteiger partial charge in [0.05, 0.1) is 6.20 Å². The first-order chi connectivity index (χ1) is 6.18. The third-order valence-corrected chi connectivity index (χ3v) is 1.83. The van der Waals surface area contributed by atoms with Crippen LogP contribution in [0.4, 0.5) is 8.78 Å². The summed E-state index contributed by atoms with van der Waals surface area (Å²) in [6.07, 6.45) is -0.934. The fourth-order valence-electron chi connectivity index (χ4n) is 1.16.